The number of rotatable bonds is 3. The fraction of sp³-hybridized carbons (Fsp3) is 0.304. The molecule has 0 fully saturated rings. The van der Waals surface area contributed by atoms with Gasteiger partial charge in [-0.2, -0.15) is 5.26 Å². The molecule has 138 valence electrons. The quantitative estimate of drug-likeness (QED) is 0.622. The second-order valence-electron chi connectivity index (χ2n) is 7.67. The van der Waals surface area contributed by atoms with Crippen LogP contribution in [0.1, 0.15) is 42.5 Å². The zero-order valence-electron chi connectivity index (χ0n) is 16.2. The van der Waals surface area contributed by atoms with Crippen LogP contribution in [0.4, 0.5) is 5.69 Å². The Morgan fingerprint density at radius 1 is 1.22 bits per heavy atom. The zero-order valence-corrected chi connectivity index (χ0v) is 16.2. The standard InChI is InChI=1S/C23H24N2O2/c1-15-5-7-20(16(2)11-15)25-22(26)19(14-24)13-17-6-8-21-18(12-17)9-10-23(3,4)27-21/h5-8,11-13H,9-10H2,1-4H3,(H,25,26)/b19-13-. The van der Waals surface area contributed by atoms with Gasteiger partial charge in [-0.1, -0.05) is 23.8 Å². The number of nitriles is 1. The van der Waals surface area contributed by atoms with E-state index < -0.39 is 5.91 Å². The second kappa shape index (κ2) is 7.28. The Kier molecular flexibility index (Phi) is 5.05. The van der Waals surface area contributed by atoms with Gasteiger partial charge in [0.25, 0.3) is 5.91 Å². The Morgan fingerprint density at radius 2 is 2.00 bits per heavy atom. The van der Waals surface area contributed by atoms with Crippen LogP contribution in [0, 0.1) is 25.2 Å². The van der Waals surface area contributed by atoms with Crippen LogP contribution in [0.5, 0.6) is 5.75 Å². The summed E-state index contributed by atoms with van der Waals surface area (Å²) in [6.45, 7) is 8.09. The van der Waals surface area contributed by atoms with Crippen molar-refractivity contribution in [3.8, 4) is 11.8 Å². The lowest BCUT2D eigenvalue weighted by Crippen LogP contribution is -2.32. The Labute approximate surface area is 160 Å². The zero-order chi connectivity index (χ0) is 19.6. The maximum atomic E-state index is 12.5. The Bertz CT molecular complexity index is 965. The number of carbonyl (C=O) groups is 1. The first kappa shape index (κ1) is 18.7. The number of nitrogens with zero attached hydrogens (tertiary/aromatic N) is 1. The normalized spacial score (nSPS) is 15.3. The van der Waals surface area contributed by atoms with Crippen LogP contribution in [0.3, 0.4) is 0 Å². The van der Waals surface area contributed by atoms with Gasteiger partial charge in [0.05, 0.1) is 0 Å². The van der Waals surface area contributed by atoms with Crippen molar-refractivity contribution in [2.45, 2.75) is 46.1 Å². The molecule has 1 N–H and O–H groups in total. The van der Waals surface area contributed by atoms with Crippen LogP contribution in [0.2, 0.25) is 0 Å². The van der Waals surface area contributed by atoms with Crippen LogP contribution in [0.25, 0.3) is 6.08 Å². The summed E-state index contributed by atoms with van der Waals surface area (Å²) in [6.07, 6.45) is 3.48. The molecule has 2 aromatic carbocycles. The van der Waals surface area contributed by atoms with Crippen molar-refractivity contribution in [3.05, 3.63) is 64.2 Å². The smallest absolute Gasteiger partial charge is 0.266 e. The first-order valence-electron chi connectivity index (χ1n) is 9.10. The van der Waals surface area contributed by atoms with Crippen LogP contribution >= 0.6 is 0 Å². The number of anilines is 1. The number of ether oxygens (including phenoxy) is 1. The summed E-state index contributed by atoms with van der Waals surface area (Å²) in [7, 11) is 0. The van der Waals surface area contributed by atoms with Gasteiger partial charge in [0, 0.05) is 5.69 Å². The predicted molar refractivity (Wildman–Crippen MR) is 108 cm³/mol. The van der Waals surface area contributed by atoms with E-state index in [1.54, 1.807) is 6.08 Å². The summed E-state index contributed by atoms with van der Waals surface area (Å²) >= 11 is 0. The molecule has 1 heterocycles. The predicted octanol–water partition coefficient (Wildman–Crippen LogP) is 4.95. The first-order chi connectivity index (χ1) is 12.8. The van der Waals surface area contributed by atoms with Crippen LogP contribution in [-0.4, -0.2) is 11.5 Å². The summed E-state index contributed by atoms with van der Waals surface area (Å²) in [5.74, 6) is 0.473. The van der Waals surface area contributed by atoms with E-state index in [4.69, 9.17) is 4.74 Å². The molecule has 0 unspecified atom stereocenters. The number of hydrogen-bond donors (Lipinski definition) is 1. The van der Waals surface area contributed by atoms with E-state index >= 15 is 0 Å². The maximum absolute atomic E-state index is 12.5. The Balaban J connectivity index is 1.82. The van der Waals surface area contributed by atoms with Crippen molar-refractivity contribution in [1.82, 2.24) is 0 Å². The van der Waals surface area contributed by atoms with Crippen molar-refractivity contribution >= 4 is 17.7 Å². The van der Waals surface area contributed by atoms with Crippen molar-refractivity contribution in [2.75, 3.05) is 5.32 Å². The third kappa shape index (κ3) is 4.38. The molecular formula is C23H24N2O2. The minimum Gasteiger partial charge on any atom is -0.488 e. The third-order valence-corrected chi connectivity index (χ3v) is 4.77. The second-order valence-corrected chi connectivity index (χ2v) is 7.67. The highest BCUT2D eigenvalue weighted by atomic mass is 16.5. The molecular weight excluding hydrogens is 336 g/mol. The number of aryl methyl sites for hydroxylation is 3. The maximum Gasteiger partial charge on any atom is 0.266 e. The van der Waals surface area contributed by atoms with Gasteiger partial charge >= 0.3 is 0 Å². The van der Waals surface area contributed by atoms with Crippen molar-refractivity contribution in [1.29, 1.82) is 5.26 Å². The fourth-order valence-corrected chi connectivity index (χ4v) is 3.23. The Hall–Kier alpha value is -3.06. The molecule has 0 saturated heterocycles. The molecule has 0 saturated carbocycles. The topological polar surface area (TPSA) is 62.1 Å². The van der Waals surface area contributed by atoms with E-state index in [0.29, 0.717) is 5.69 Å². The van der Waals surface area contributed by atoms with E-state index in [1.165, 1.54) is 0 Å². The molecule has 0 aromatic heterocycles. The van der Waals surface area contributed by atoms with Crippen molar-refractivity contribution in [3.63, 3.8) is 0 Å². The van der Waals surface area contributed by atoms with Gasteiger partial charge in [0.15, 0.2) is 0 Å². The average Bonchev–Trinajstić information content (AvgIpc) is 2.61. The van der Waals surface area contributed by atoms with Crippen molar-refractivity contribution in [2.24, 2.45) is 0 Å². The number of benzene rings is 2. The monoisotopic (exact) mass is 360 g/mol. The summed E-state index contributed by atoms with van der Waals surface area (Å²) < 4.78 is 5.99. The number of amides is 1. The lowest BCUT2D eigenvalue weighted by molar-refractivity contribution is -0.112. The number of hydrogen-bond acceptors (Lipinski definition) is 3. The molecule has 0 spiro atoms. The third-order valence-electron chi connectivity index (χ3n) is 4.77. The van der Waals surface area contributed by atoms with E-state index in [-0.39, 0.29) is 11.2 Å². The van der Waals surface area contributed by atoms with Gasteiger partial charge in [-0.3, -0.25) is 4.79 Å². The van der Waals surface area contributed by atoms with Gasteiger partial charge in [-0.05, 0) is 81.5 Å². The molecule has 27 heavy (non-hydrogen) atoms. The van der Waals surface area contributed by atoms with Gasteiger partial charge in [0.1, 0.15) is 23.0 Å². The highest BCUT2D eigenvalue weighted by molar-refractivity contribution is 6.10. The minimum absolute atomic E-state index is 0.0759. The van der Waals surface area contributed by atoms with Crippen LogP contribution in [0.15, 0.2) is 42.0 Å². The van der Waals surface area contributed by atoms with E-state index in [1.807, 2.05) is 56.3 Å². The number of fused-ring (bicyclic) bond motifs is 1. The molecule has 0 aliphatic carbocycles. The van der Waals surface area contributed by atoms with Gasteiger partial charge in [-0.25, -0.2) is 0 Å². The molecule has 1 amide bonds. The van der Waals surface area contributed by atoms with Gasteiger partial charge in [-0.15, -0.1) is 0 Å². The minimum atomic E-state index is -0.403. The molecule has 0 atom stereocenters. The largest absolute Gasteiger partial charge is 0.488 e. The molecule has 0 radical (unpaired) electrons. The lowest BCUT2D eigenvalue weighted by atomic mass is 9.93. The number of carbonyl (C=O) groups excluding carboxylic acids is 1. The molecule has 3 rings (SSSR count). The van der Waals surface area contributed by atoms with Crippen LogP contribution < -0.4 is 10.1 Å². The van der Waals surface area contributed by atoms with Gasteiger partial charge < -0.3 is 10.1 Å². The number of nitrogens with one attached hydrogen (secondary N) is 1. The SMILES string of the molecule is Cc1ccc(NC(=O)/C(C#N)=C\c2ccc3c(c2)CCC(C)(C)O3)c(C)c1. The fourth-order valence-electron chi connectivity index (χ4n) is 3.23. The van der Waals surface area contributed by atoms with Gasteiger partial charge in [0.2, 0.25) is 0 Å². The molecule has 0 bridgehead atoms. The molecule has 2 aromatic rings. The van der Waals surface area contributed by atoms with E-state index in [9.17, 15) is 10.1 Å². The van der Waals surface area contributed by atoms with E-state index in [0.717, 1.165) is 40.8 Å². The van der Waals surface area contributed by atoms with Crippen LogP contribution in [-0.2, 0) is 11.2 Å². The Morgan fingerprint density at radius 3 is 2.70 bits per heavy atom. The molecule has 1 aliphatic rings. The summed E-state index contributed by atoms with van der Waals surface area (Å²) in [6, 6.07) is 13.6. The molecule has 1 aliphatic heterocycles. The summed E-state index contributed by atoms with van der Waals surface area (Å²) in [5.41, 5.74) is 4.66. The highest BCUT2D eigenvalue weighted by Gasteiger charge is 2.26. The molecule has 4 nitrogen and oxygen atoms in total. The average molecular weight is 360 g/mol. The molecule has 4 heteroatoms. The lowest BCUT2D eigenvalue weighted by Gasteiger charge is -2.32. The summed E-state index contributed by atoms with van der Waals surface area (Å²) in [5, 5.41) is 12.3. The summed E-state index contributed by atoms with van der Waals surface area (Å²) in [4.78, 5) is 12.5. The highest BCUT2D eigenvalue weighted by Crippen LogP contribution is 2.33. The first-order valence-corrected chi connectivity index (χ1v) is 9.10. The van der Waals surface area contributed by atoms with E-state index in [2.05, 4.69) is 19.2 Å². The van der Waals surface area contributed by atoms with Crippen molar-refractivity contribution < 1.29 is 9.53 Å².